The van der Waals surface area contributed by atoms with Crippen LogP contribution in [0, 0.1) is 36.9 Å². The largest absolute Gasteiger partial charge is 2.00 e. The maximum absolute atomic E-state index is 14.4. The average molecular weight is 1150 g/mol. The fraction of sp³-hybridized carbons (Fsp3) is 0.204. The van der Waals surface area contributed by atoms with Crippen molar-refractivity contribution in [1.29, 1.82) is 0 Å². The normalized spacial score (nSPS) is 14.1. The smallest absolute Gasteiger partial charge is 0.456 e. The maximum Gasteiger partial charge on any atom is 2.00 e. The molecular formula is C49H44F2O7W2. The molecule has 4 aromatic carbocycles. The number of benzene rings is 4. The number of hydrogen-bond acceptors (Lipinski definition) is 7. The SMILES string of the molecule is Fc1cc(C2OCCCO2)ccc1-c1cc2ccccc2o1.Fc1cc(C2OCCCO2)ccc1-c1cc2ccccc2o1.[CH-]=CC=[C-]C(=C)C.[CH-]=CC=[C-]C(C)=O.[W+2].[W+2]. The molecule has 2 aromatic heterocycles. The van der Waals surface area contributed by atoms with E-state index in [1.54, 1.807) is 18.2 Å². The molecule has 2 aliphatic heterocycles. The van der Waals surface area contributed by atoms with Crippen molar-refractivity contribution in [2.75, 3.05) is 26.4 Å². The van der Waals surface area contributed by atoms with Gasteiger partial charge in [-0.2, -0.15) is 12.2 Å². The third-order valence-electron chi connectivity index (χ3n) is 8.38. The summed E-state index contributed by atoms with van der Waals surface area (Å²) in [5.41, 5.74) is 4.65. The maximum atomic E-state index is 14.4. The molecule has 0 unspecified atom stereocenters. The molecule has 7 nitrogen and oxygen atoms in total. The number of allylic oxidation sites excluding steroid dienone is 7. The molecule has 2 fully saturated rings. The van der Waals surface area contributed by atoms with Crippen LogP contribution in [0.4, 0.5) is 8.78 Å². The van der Waals surface area contributed by atoms with Crippen molar-refractivity contribution in [1.82, 2.24) is 0 Å². The van der Waals surface area contributed by atoms with Crippen molar-refractivity contribution in [3.8, 4) is 22.6 Å². The summed E-state index contributed by atoms with van der Waals surface area (Å²) < 4.78 is 62.3. The molecule has 60 heavy (non-hydrogen) atoms. The first-order chi connectivity index (χ1) is 28.2. The van der Waals surface area contributed by atoms with Crippen LogP contribution in [0.15, 0.2) is 142 Å². The van der Waals surface area contributed by atoms with Gasteiger partial charge in [-0.05, 0) is 68.3 Å². The summed E-state index contributed by atoms with van der Waals surface area (Å²) >= 11 is 0. The minimum atomic E-state index is -0.479. The molecule has 6 aromatic rings. The predicted molar refractivity (Wildman–Crippen MR) is 221 cm³/mol. The van der Waals surface area contributed by atoms with E-state index < -0.39 is 12.6 Å². The van der Waals surface area contributed by atoms with Gasteiger partial charge in [0.15, 0.2) is 12.6 Å². The molecule has 0 spiro atoms. The second-order valence-electron chi connectivity index (χ2n) is 13.0. The first kappa shape index (κ1) is 49.8. The molecule has 0 aliphatic carbocycles. The minimum absolute atomic E-state index is 0. The van der Waals surface area contributed by atoms with Gasteiger partial charge in [-0.1, -0.05) is 55.5 Å². The zero-order valence-corrected chi connectivity index (χ0v) is 39.1. The quantitative estimate of drug-likeness (QED) is 0.0853. The number of ketones is 1. The molecule has 11 heteroatoms. The summed E-state index contributed by atoms with van der Waals surface area (Å²) in [7, 11) is 0. The van der Waals surface area contributed by atoms with E-state index in [2.05, 4.69) is 18.7 Å². The monoisotopic (exact) mass is 1150 g/mol. The van der Waals surface area contributed by atoms with Gasteiger partial charge in [-0.3, -0.25) is 6.08 Å². The molecule has 2 saturated heterocycles. The van der Waals surface area contributed by atoms with Crippen LogP contribution in [-0.2, 0) is 65.9 Å². The standard InChI is InChI=1S/2C18H15FO3.C7H8.C6H6O.2W/c2*19-15-10-13(18-20-8-3-9-21-18)6-7-14(15)17-11-12-4-1-2-5-16(12)22-17;1-4-5-6-7(2)3;1-3-4-5-6(2)7;;/h2*1-2,4-7,10-11,18H,3,8-9H2;1,4-5H,2H2,3H3;1,3-4H,2H3;;/q;;2*-2;2*+2. The molecule has 0 saturated carbocycles. The van der Waals surface area contributed by atoms with Gasteiger partial charge < -0.3 is 76.1 Å². The molecule has 0 amide bonds. The summed E-state index contributed by atoms with van der Waals surface area (Å²) in [6.07, 6.45) is 11.6. The van der Waals surface area contributed by atoms with Gasteiger partial charge >= 0.3 is 42.1 Å². The number of ether oxygens (including phenoxy) is 4. The topological polar surface area (TPSA) is 80.3 Å². The Bertz CT molecular complexity index is 2130. The van der Waals surface area contributed by atoms with Crippen LogP contribution < -0.4 is 0 Å². The molecule has 0 radical (unpaired) electrons. The van der Waals surface area contributed by atoms with E-state index in [0.29, 0.717) is 60.2 Å². The average Bonchev–Trinajstić information content (AvgIpc) is 3.88. The van der Waals surface area contributed by atoms with Crippen LogP contribution in [0.2, 0.25) is 0 Å². The van der Waals surface area contributed by atoms with Gasteiger partial charge in [0, 0.05) is 27.7 Å². The summed E-state index contributed by atoms with van der Waals surface area (Å²) in [6.45, 7) is 19.3. The number of halogens is 2. The zero-order valence-electron chi connectivity index (χ0n) is 33.2. The van der Waals surface area contributed by atoms with Crippen LogP contribution in [-0.4, -0.2) is 32.2 Å². The number of hydrogen-bond donors (Lipinski definition) is 0. The van der Waals surface area contributed by atoms with Gasteiger partial charge in [0.1, 0.15) is 34.3 Å². The van der Waals surface area contributed by atoms with Crippen molar-refractivity contribution >= 4 is 27.7 Å². The Balaban J connectivity index is 0.000000239. The van der Waals surface area contributed by atoms with Crippen LogP contribution in [0.25, 0.3) is 44.6 Å². The van der Waals surface area contributed by atoms with Gasteiger partial charge in [0.05, 0.1) is 37.6 Å². The Hall–Kier alpha value is -4.59. The molecule has 2 aliphatic rings. The van der Waals surface area contributed by atoms with E-state index in [0.717, 1.165) is 40.4 Å². The molecule has 4 heterocycles. The van der Waals surface area contributed by atoms with Crippen LogP contribution in [0.1, 0.15) is 50.4 Å². The second kappa shape index (κ2) is 25.9. The van der Waals surface area contributed by atoms with Crippen molar-refractivity contribution < 1.29 is 83.5 Å². The Morgan fingerprint density at radius 2 is 1.03 bits per heavy atom. The fourth-order valence-electron chi connectivity index (χ4n) is 5.70. The summed E-state index contributed by atoms with van der Waals surface area (Å²) in [5.74, 6) is 0.261. The van der Waals surface area contributed by atoms with Crippen molar-refractivity contribution in [2.24, 2.45) is 0 Å². The Morgan fingerprint density at radius 1 is 0.633 bits per heavy atom. The number of furan rings is 2. The number of para-hydroxylation sites is 2. The number of rotatable bonds is 8. The number of fused-ring (bicyclic) bond motifs is 2. The Kier molecular flexibility index (Phi) is 21.5. The third kappa shape index (κ3) is 14.8. The van der Waals surface area contributed by atoms with Gasteiger partial charge in [0.25, 0.3) is 0 Å². The van der Waals surface area contributed by atoms with E-state index in [-0.39, 0.29) is 59.5 Å². The summed E-state index contributed by atoms with van der Waals surface area (Å²) in [4.78, 5) is 9.98. The van der Waals surface area contributed by atoms with E-state index in [4.69, 9.17) is 40.9 Å². The van der Waals surface area contributed by atoms with Crippen molar-refractivity contribution in [3.63, 3.8) is 0 Å². The molecule has 0 atom stereocenters. The Morgan fingerprint density at radius 3 is 1.35 bits per heavy atom. The van der Waals surface area contributed by atoms with E-state index in [1.807, 2.05) is 79.7 Å². The number of carbonyl (C=O) groups is 1. The summed E-state index contributed by atoms with van der Waals surface area (Å²) in [6, 6.07) is 29.0. The number of carbonyl (C=O) groups excluding carboxylic acids is 1. The predicted octanol–water partition coefficient (Wildman–Crippen LogP) is 12.2. The number of Topliss-reactive ketones (excluding diaryl/α,β-unsaturated/α-hetero) is 1. The second-order valence-corrected chi connectivity index (χ2v) is 13.0. The van der Waals surface area contributed by atoms with Gasteiger partial charge in [-0.25, -0.2) is 8.78 Å². The molecular weight excluding hydrogens is 1110 g/mol. The minimum Gasteiger partial charge on any atom is -0.456 e. The van der Waals surface area contributed by atoms with Crippen molar-refractivity contribution in [2.45, 2.75) is 39.3 Å². The van der Waals surface area contributed by atoms with Gasteiger partial charge in [-0.15, -0.1) is 0 Å². The molecule has 8 rings (SSSR count). The zero-order chi connectivity index (χ0) is 41.3. The Labute approximate surface area is 378 Å². The van der Waals surface area contributed by atoms with Gasteiger partial charge in [0.2, 0.25) is 0 Å². The molecule has 0 N–H and O–H groups in total. The summed E-state index contributed by atoms with van der Waals surface area (Å²) in [5, 5.41) is 1.92. The van der Waals surface area contributed by atoms with Crippen LogP contribution >= 0.6 is 0 Å². The van der Waals surface area contributed by atoms with Crippen LogP contribution in [0.5, 0.6) is 0 Å². The third-order valence-corrected chi connectivity index (χ3v) is 8.38. The van der Waals surface area contributed by atoms with Crippen LogP contribution in [0.3, 0.4) is 0 Å². The first-order valence-electron chi connectivity index (χ1n) is 18.6. The molecule has 308 valence electrons. The van der Waals surface area contributed by atoms with E-state index in [9.17, 15) is 13.6 Å². The first-order valence-corrected chi connectivity index (χ1v) is 18.6. The van der Waals surface area contributed by atoms with E-state index >= 15 is 0 Å². The molecule has 0 bridgehead atoms. The fourth-order valence-corrected chi connectivity index (χ4v) is 5.70. The van der Waals surface area contributed by atoms with Crippen molar-refractivity contribution in [3.05, 3.63) is 182 Å². The van der Waals surface area contributed by atoms with E-state index in [1.165, 1.54) is 37.3 Å².